The van der Waals surface area contributed by atoms with Crippen molar-refractivity contribution in [3.8, 4) is 0 Å². The van der Waals surface area contributed by atoms with Gasteiger partial charge in [-0.2, -0.15) is 0 Å². The van der Waals surface area contributed by atoms with E-state index in [4.69, 9.17) is 11.5 Å². The van der Waals surface area contributed by atoms with Crippen LogP contribution < -0.4 is 16.8 Å². The number of halogens is 2. The third-order valence-electron chi connectivity index (χ3n) is 2.80. The minimum absolute atomic E-state index is 0.0117. The van der Waals surface area contributed by atoms with E-state index in [2.05, 4.69) is 5.32 Å². The van der Waals surface area contributed by atoms with Crippen LogP contribution in [0.1, 0.15) is 15.9 Å². The second-order valence-electron chi connectivity index (χ2n) is 4.26. The predicted molar refractivity (Wildman–Crippen MR) is 73.1 cm³/mol. The van der Waals surface area contributed by atoms with Crippen molar-refractivity contribution < 1.29 is 13.6 Å². The van der Waals surface area contributed by atoms with E-state index in [1.54, 1.807) is 12.1 Å². The largest absolute Gasteiger partial charge is 0.398 e. The molecule has 4 nitrogen and oxygen atoms in total. The summed E-state index contributed by atoms with van der Waals surface area (Å²) in [5, 5.41) is 2.81. The third kappa shape index (κ3) is 3.03. The van der Waals surface area contributed by atoms with Gasteiger partial charge in [0.05, 0.1) is 11.3 Å². The molecule has 0 aliphatic carbocycles. The topological polar surface area (TPSA) is 81.1 Å². The standard InChI is InChI=1S/C14H13F2N3O/c15-9-3-1-8(2-4-9)7-19-13-5-10(14(18)20)12(17)6-11(13)16/h1-6,19H,7,17H2,(H2,18,20). The highest BCUT2D eigenvalue weighted by Crippen LogP contribution is 2.22. The maximum atomic E-state index is 13.7. The molecule has 0 saturated heterocycles. The zero-order valence-electron chi connectivity index (χ0n) is 10.5. The summed E-state index contributed by atoms with van der Waals surface area (Å²) in [4.78, 5) is 11.1. The van der Waals surface area contributed by atoms with Gasteiger partial charge in [-0.05, 0) is 29.8 Å². The molecule has 2 rings (SSSR count). The van der Waals surface area contributed by atoms with Gasteiger partial charge in [0, 0.05) is 12.2 Å². The van der Waals surface area contributed by atoms with Gasteiger partial charge in [0.1, 0.15) is 11.6 Å². The number of amides is 1. The molecule has 1 amide bonds. The first-order chi connectivity index (χ1) is 9.47. The van der Waals surface area contributed by atoms with Crippen LogP contribution in [0.4, 0.5) is 20.2 Å². The third-order valence-corrected chi connectivity index (χ3v) is 2.80. The van der Waals surface area contributed by atoms with Crippen LogP contribution in [0.15, 0.2) is 36.4 Å². The van der Waals surface area contributed by atoms with Gasteiger partial charge in [-0.1, -0.05) is 12.1 Å². The van der Waals surface area contributed by atoms with Gasteiger partial charge in [-0.15, -0.1) is 0 Å². The lowest BCUT2D eigenvalue weighted by atomic mass is 10.1. The van der Waals surface area contributed by atoms with Crippen LogP contribution in [0.5, 0.6) is 0 Å². The molecular weight excluding hydrogens is 264 g/mol. The predicted octanol–water partition coefficient (Wildman–Crippen LogP) is 2.26. The van der Waals surface area contributed by atoms with Crippen molar-refractivity contribution in [1.82, 2.24) is 0 Å². The average molecular weight is 277 g/mol. The van der Waals surface area contributed by atoms with Crippen LogP contribution in [-0.4, -0.2) is 5.91 Å². The Bertz CT molecular complexity index is 642. The SMILES string of the molecule is NC(=O)c1cc(NCc2ccc(F)cc2)c(F)cc1N. The van der Waals surface area contributed by atoms with Crippen LogP contribution in [0, 0.1) is 11.6 Å². The Kier molecular flexibility index (Phi) is 3.84. The molecule has 0 bridgehead atoms. The molecule has 0 spiro atoms. The maximum absolute atomic E-state index is 13.7. The molecule has 0 heterocycles. The van der Waals surface area contributed by atoms with E-state index >= 15 is 0 Å². The molecule has 2 aromatic rings. The van der Waals surface area contributed by atoms with E-state index in [1.165, 1.54) is 18.2 Å². The first-order valence-corrected chi connectivity index (χ1v) is 5.84. The maximum Gasteiger partial charge on any atom is 0.250 e. The second-order valence-corrected chi connectivity index (χ2v) is 4.26. The summed E-state index contributed by atoms with van der Waals surface area (Å²) in [5.41, 5.74) is 11.6. The number of anilines is 2. The highest BCUT2D eigenvalue weighted by molar-refractivity contribution is 5.99. The van der Waals surface area contributed by atoms with Gasteiger partial charge < -0.3 is 16.8 Å². The van der Waals surface area contributed by atoms with Crippen molar-refractivity contribution in [3.63, 3.8) is 0 Å². The van der Waals surface area contributed by atoms with Crippen LogP contribution in [0.2, 0.25) is 0 Å². The Hall–Kier alpha value is -2.63. The first-order valence-electron chi connectivity index (χ1n) is 5.84. The summed E-state index contributed by atoms with van der Waals surface area (Å²) in [6, 6.07) is 8.07. The zero-order valence-corrected chi connectivity index (χ0v) is 10.5. The number of benzene rings is 2. The number of primary amides is 1. The van der Waals surface area contributed by atoms with E-state index in [0.717, 1.165) is 11.6 Å². The fourth-order valence-electron chi connectivity index (χ4n) is 1.74. The van der Waals surface area contributed by atoms with Crippen molar-refractivity contribution in [3.05, 3.63) is 59.2 Å². The minimum Gasteiger partial charge on any atom is -0.398 e. The van der Waals surface area contributed by atoms with Crippen LogP contribution >= 0.6 is 0 Å². The first kappa shape index (κ1) is 13.8. The van der Waals surface area contributed by atoms with Crippen molar-refractivity contribution in [2.75, 3.05) is 11.1 Å². The van der Waals surface area contributed by atoms with Crippen molar-refractivity contribution >= 4 is 17.3 Å². The lowest BCUT2D eigenvalue weighted by Crippen LogP contribution is -2.15. The number of rotatable bonds is 4. The van der Waals surface area contributed by atoms with Gasteiger partial charge in [0.25, 0.3) is 5.91 Å². The monoisotopic (exact) mass is 277 g/mol. The molecule has 0 aliphatic rings. The van der Waals surface area contributed by atoms with Crippen LogP contribution in [0.25, 0.3) is 0 Å². The Balaban J connectivity index is 2.18. The smallest absolute Gasteiger partial charge is 0.250 e. The molecule has 20 heavy (non-hydrogen) atoms. The molecule has 6 heteroatoms. The lowest BCUT2D eigenvalue weighted by Gasteiger charge is -2.10. The number of hydrogen-bond donors (Lipinski definition) is 3. The summed E-state index contributed by atoms with van der Waals surface area (Å²) in [6.45, 7) is 0.277. The molecular formula is C14H13F2N3O. The number of nitrogens with one attached hydrogen (secondary N) is 1. The summed E-state index contributed by atoms with van der Waals surface area (Å²) in [6.07, 6.45) is 0. The summed E-state index contributed by atoms with van der Waals surface area (Å²) >= 11 is 0. The number of nitrogen functional groups attached to an aromatic ring is 1. The molecule has 104 valence electrons. The van der Waals surface area contributed by atoms with E-state index in [0.29, 0.717) is 0 Å². The van der Waals surface area contributed by atoms with E-state index in [9.17, 15) is 13.6 Å². The molecule has 0 radical (unpaired) electrons. The molecule has 0 aromatic heterocycles. The van der Waals surface area contributed by atoms with Crippen LogP contribution in [0.3, 0.4) is 0 Å². The Morgan fingerprint density at radius 2 is 1.80 bits per heavy atom. The number of carbonyl (C=O) groups is 1. The Morgan fingerprint density at radius 1 is 1.15 bits per heavy atom. The summed E-state index contributed by atoms with van der Waals surface area (Å²) < 4.78 is 26.5. The van der Waals surface area contributed by atoms with Crippen molar-refractivity contribution in [1.29, 1.82) is 0 Å². The summed E-state index contributed by atoms with van der Waals surface area (Å²) in [7, 11) is 0. The van der Waals surface area contributed by atoms with Gasteiger partial charge in [-0.25, -0.2) is 8.78 Å². The number of carbonyl (C=O) groups excluding carboxylic acids is 1. The molecule has 0 aliphatic heterocycles. The van der Waals surface area contributed by atoms with Gasteiger partial charge in [0.15, 0.2) is 0 Å². The normalized spacial score (nSPS) is 10.3. The van der Waals surface area contributed by atoms with Gasteiger partial charge in [0.2, 0.25) is 0 Å². The van der Waals surface area contributed by atoms with Gasteiger partial charge >= 0.3 is 0 Å². The zero-order chi connectivity index (χ0) is 14.7. The fraction of sp³-hybridized carbons (Fsp3) is 0.0714. The number of hydrogen-bond acceptors (Lipinski definition) is 3. The molecule has 0 saturated carbocycles. The summed E-state index contributed by atoms with van der Waals surface area (Å²) in [5.74, 6) is -1.66. The Labute approximate surface area is 114 Å². The number of nitrogens with two attached hydrogens (primary N) is 2. The van der Waals surface area contributed by atoms with Crippen molar-refractivity contribution in [2.45, 2.75) is 6.54 Å². The van der Waals surface area contributed by atoms with E-state index < -0.39 is 11.7 Å². The highest BCUT2D eigenvalue weighted by atomic mass is 19.1. The fourth-order valence-corrected chi connectivity index (χ4v) is 1.74. The minimum atomic E-state index is -0.729. The second kappa shape index (κ2) is 5.56. The molecule has 0 unspecified atom stereocenters. The molecule has 0 atom stereocenters. The van der Waals surface area contributed by atoms with Crippen LogP contribution in [-0.2, 0) is 6.54 Å². The van der Waals surface area contributed by atoms with Gasteiger partial charge in [-0.3, -0.25) is 4.79 Å². The lowest BCUT2D eigenvalue weighted by molar-refractivity contribution is 0.100. The van der Waals surface area contributed by atoms with Crippen molar-refractivity contribution in [2.24, 2.45) is 5.73 Å². The molecule has 2 aromatic carbocycles. The van der Waals surface area contributed by atoms with E-state index in [1.807, 2.05) is 0 Å². The molecule has 5 N–H and O–H groups in total. The highest BCUT2D eigenvalue weighted by Gasteiger charge is 2.11. The average Bonchev–Trinajstić information content (AvgIpc) is 2.39. The Morgan fingerprint density at radius 3 is 2.40 bits per heavy atom. The quantitative estimate of drug-likeness (QED) is 0.750. The molecule has 0 fully saturated rings. The van der Waals surface area contributed by atoms with E-state index in [-0.39, 0.29) is 29.3 Å².